The summed E-state index contributed by atoms with van der Waals surface area (Å²) >= 11 is 1.16. The predicted octanol–water partition coefficient (Wildman–Crippen LogP) is 0.410. The van der Waals surface area contributed by atoms with Gasteiger partial charge in [-0.3, -0.25) is 0 Å². The van der Waals surface area contributed by atoms with E-state index >= 15 is 0 Å². The molecule has 0 amide bonds. The number of nitrogens with zero attached hydrogens (tertiary/aromatic N) is 4. The van der Waals surface area contributed by atoms with Crippen LogP contribution in [0.1, 0.15) is 16.5 Å². The van der Waals surface area contributed by atoms with Gasteiger partial charge in [0.25, 0.3) is 0 Å². The molecule has 0 spiro atoms. The van der Waals surface area contributed by atoms with E-state index in [1.165, 1.54) is 12.5 Å². The van der Waals surface area contributed by atoms with Gasteiger partial charge in [0.2, 0.25) is 0 Å². The Kier molecular flexibility index (Phi) is 2.24. The maximum absolute atomic E-state index is 9.73. The van der Waals surface area contributed by atoms with Crippen molar-refractivity contribution < 1.29 is 5.11 Å². The highest BCUT2D eigenvalue weighted by Gasteiger charge is 2.12. The molecule has 0 aliphatic rings. The Labute approximate surface area is 78.3 Å². The lowest BCUT2D eigenvalue weighted by Gasteiger charge is -2.04. The largest absolute Gasteiger partial charge is 0.383 e. The third kappa shape index (κ3) is 1.68. The summed E-state index contributed by atoms with van der Waals surface area (Å²) in [5, 5.41) is 13.4. The van der Waals surface area contributed by atoms with Gasteiger partial charge in [0.15, 0.2) is 0 Å². The highest BCUT2D eigenvalue weighted by molar-refractivity contribution is 7.05. The molecule has 2 aromatic rings. The second-order valence-corrected chi connectivity index (χ2v) is 3.21. The second kappa shape index (κ2) is 3.55. The van der Waals surface area contributed by atoms with Crippen LogP contribution in [0.3, 0.4) is 0 Å². The quantitative estimate of drug-likeness (QED) is 0.749. The summed E-state index contributed by atoms with van der Waals surface area (Å²) in [6, 6.07) is 0. The lowest BCUT2D eigenvalue weighted by molar-refractivity contribution is 0.223. The van der Waals surface area contributed by atoms with Crippen LogP contribution in [0.25, 0.3) is 0 Å². The molecule has 0 saturated carbocycles. The van der Waals surface area contributed by atoms with Crippen molar-refractivity contribution in [3.05, 3.63) is 35.4 Å². The van der Waals surface area contributed by atoms with Crippen molar-refractivity contribution in [1.29, 1.82) is 0 Å². The van der Waals surface area contributed by atoms with E-state index in [0.717, 1.165) is 11.5 Å². The Balaban J connectivity index is 2.29. The van der Waals surface area contributed by atoms with E-state index in [1.807, 2.05) is 0 Å². The first kappa shape index (κ1) is 8.21. The lowest BCUT2D eigenvalue weighted by atomic mass is 10.2. The minimum atomic E-state index is -0.721. The molecule has 6 heteroatoms. The van der Waals surface area contributed by atoms with Crippen LogP contribution in [0.5, 0.6) is 0 Å². The Morgan fingerprint density at radius 2 is 2.00 bits per heavy atom. The molecule has 0 aliphatic carbocycles. The molecular weight excluding hydrogens is 188 g/mol. The summed E-state index contributed by atoms with van der Waals surface area (Å²) < 4.78 is 3.66. The number of hydrogen-bond donors (Lipinski definition) is 1. The minimum Gasteiger partial charge on any atom is -0.383 e. The zero-order valence-corrected chi connectivity index (χ0v) is 7.35. The average Bonchev–Trinajstić information content (AvgIpc) is 2.71. The van der Waals surface area contributed by atoms with Gasteiger partial charge in [-0.15, -0.1) is 5.10 Å². The molecule has 0 bridgehead atoms. The predicted molar refractivity (Wildman–Crippen MR) is 46.0 cm³/mol. The average molecular weight is 194 g/mol. The number of aromatic nitrogens is 4. The van der Waals surface area contributed by atoms with Crippen molar-refractivity contribution in [1.82, 2.24) is 19.6 Å². The van der Waals surface area contributed by atoms with Gasteiger partial charge in [-0.25, -0.2) is 9.97 Å². The van der Waals surface area contributed by atoms with Crippen LogP contribution in [0, 0.1) is 0 Å². The normalized spacial score (nSPS) is 12.7. The van der Waals surface area contributed by atoms with Crippen LogP contribution in [-0.4, -0.2) is 24.7 Å². The molecule has 2 heterocycles. The lowest BCUT2D eigenvalue weighted by Crippen LogP contribution is -1.98. The Hall–Kier alpha value is -1.40. The van der Waals surface area contributed by atoms with E-state index in [9.17, 15) is 5.11 Å². The Morgan fingerprint density at radius 3 is 2.62 bits per heavy atom. The molecule has 13 heavy (non-hydrogen) atoms. The molecule has 0 aliphatic heterocycles. The highest BCUT2D eigenvalue weighted by Crippen LogP contribution is 2.21. The topological polar surface area (TPSA) is 71.8 Å². The van der Waals surface area contributed by atoms with Crippen molar-refractivity contribution in [2.75, 3.05) is 0 Å². The van der Waals surface area contributed by atoms with Gasteiger partial charge in [-0.1, -0.05) is 4.49 Å². The molecule has 0 aromatic carbocycles. The smallest absolute Gasteiger partial charge is 0.119 e. The summed E-state index contributed by atoms with van der Waals surface area (Å²) in [4.78, 5) is 8.31. The van der Waals surface area contributed by atoms with E-state index in [0.29, 0.717) is 10.4 Å². The highest BCUT2D eigenvalue weighted by atomic mass is 32.1. The maximum atomic E-state index is 9.73. The molecule has 1 atom stereocenters. The van der Waals surface area contributed by atoms with Crippen LogP contribution in [0.4, 0.5) is 0 Å². The molecule has 0 saturated heterocycles. The van der Waals surface area contributed by atoms with Gasteiger partial charge in [-0.05, 0) is 11.5 Å². The van der Waals surface area contributed by atoms with E-state index in [4.69, 9.17) is 0 Å². The number of hydrogen-bond acceptors (Lipinski definition) is 6. The Bertz CT molecular complexity index is 363. The van der Waals surface area contributed by atoms with E-state index in [-0.39, 0.29) is 0 Å². The van der Waals surface area contributed by atoms with E-state index < -0.39 is 6.10 Å². The first-order chi connectivity index (χ1) is 6.38. The van der Waals surface area contributed by atoms with Crippen LogP contribution < -0.4 is 0 Å². The van der Waals surface area contributed by atoms with Crippen molar-refractivity contribution >= 4 is 11.5 Å². The van der Waals surface area contributed by atoms with Crippen molar-refractivity contribution in [2.45, 2.75) is 6.10 Å². The maximum Gasteiger partial charge on any atom is 0.119 e. The van der Waals surface area contributed by atoms with E-state index in [1.54, 1.807) is 12.4 Å². The molecule has 2 rings (SSSR count). The minimum absolute atomic E-state index is 0.647. The van der Waals surface area contributed by atoms with Gasteiger partial charge >= 0.3 is 0 Å². The Morgan fingerprint density at radius 1 is 1.23 bits per heavy atom. The van der Waals surface area contributed by atoms with Gasteiger partial charge in [0.05, 0.1) is 11.1 Å². The molecule has 2 aromatic heterocycles. The first-order valence-electron chi connectivity index (χ1n) is 3.58. The fourth-order valence-corrected chi connectivity index (χ4v) is 1.43. The van der Waals surface area contributed by atoms with Crippen molar-refractivity contribution in [3.8, 4) is 0 Å². The van der Waals surface area contributed by atoms with E-state index in [2.05, 4.69) is 19.6 Å². The number of aliphatic hydroxyl groups excluding tert-OH is 1. The van der Waals surface area contributed by atoms with Crippen molar-refractivity contribution in [3.63, 3.8) is 0 Å². The molecular formula is C7H6N4OS. The fraction of sp³-hybridized carbons (Fsp3) is 0.143. The molecule has 0 fully saturated rings. The third-order valence-electron chi connectivity index (χ3n) is 1.54. The number of aliphatic hydroxyl groups is 1. The van der Waals surface area contributed by atoms with Gasteiger partial charge < -0.3 is 5.11 Å². The first-order valence-corrected chi connectivity index (χ1v) is 4.35. The summed E-state index contributed by atoms with van der Waals surface area (Å²) in [6.45, 7) is 0. The third-order valence-corrected chi connectivity index (χ3v) is 2.26. The van der Waals surface area contributed by atoms with Gasteiger partial charge in [0, 0.05) is 18.0 Å². The number of rotatable bonds is 2. The van der Waals surface area contributed by atoms with Crippen LogP contribution in [0.2, 0.25) is 0 Å². The zero-order valence-electron chi connectivity index (χ0n) is 6.53. The molecule has 5 nitrogen and oxygen atoms in total. The van der Waals surface area contributed by atoms with Crippen molar-refractivity contribution in [2.24, 2.45) is 0 Å². The molecule has 66 valence electrons. The molecule has 1 unspecified atom stereocenters. The molecule has 0 radical (unpaired) electrons. The molecule has 1 N–H and O–H groups in total. The summed E-state index contributed by atoms with van der Waals surface area (Å²) in [7, 11) is 0. The monoisotopic (exact) mass is 194 g/mol. The standard InChI is InChI=1S/C7H6N4OS/c12-7(6-3-10-11-13-6)5-1-8-4-9-2-5/h1-4,7,12H. The summed E-state index contributed by atoms with van der Waals surface area (Å²) in [5.74, 6) is 0. The van der Waals surface area contributed by atoms with Crippen LogP contribution in [-0.2, 0) is 0 Å². The van der Waals surface area contributed by atoms with Gasteiger partial charge in [-0.2, -0.15) is 0 Å². The zero-order chi connectivity index (χ0) is 9.10. The van der Waals surface area contributed by atoms with Crippen LogP contribution >= 0.6 is 11.5 Å². The summed E-state index contributed by atoms with van der Waals surface area (Å²) in [6.07, 6.45) is 5.36. The van der Waals surface area contributed by atoms with Gasteiger partial charge in [0.1, 0.15) is 12.4 Å². The SMILES string of the molecule is OC(c1cncnc1)c1cnns1. The second-order valence-electron chi connectivity index (χ2n) is 2.39. The summed E-state index contributed by atoms with van der Waals surface area (Å²) in [5.41, 5.74) is 0.647. The van der Waals surface area contributed by atoms with Crippen LogP contribution in [0.15, 0.2) is 24.9 Å². The fourth-order valence-electron chi connectivity index (χ4n) is 0.911.